The fraction of sp³-hybridized carbons (Fsp3) is 0.296. The number of benzene rings is 2. The first-order chi connectivity index (χ1) is 17.0. The number of para-hydroxylation sites is 1. The van der Waals surface area contributed by atoms with Crippen LogP contribution in [0.3, 0.4) is 0 Å². The lowest BCUT2D eigenvalue weighted by molar-refractivity contribution is 0.0379. The summed E-state index contributed by atoms with van der Waals surface area (Å²) in [7, 11) is 0. The highest BCUT2D eigenvalue weighted by molar-refractivity contribution is 5.97. The van der Waals surface area contributed by atoms with Gasteiger partial charge in [-0.25, -0.2) is 9.78 Å². The first kappa shape index (κ1) is 21.5. The van der Waals surface area contributed by atoms with Gasteiger partial charge in [0.25, 0.3) is 5.91 Å². The van der Waals surface area contributed by atoms with E-state index in [-0.39, 0.29) is 18.0 Å². The Kier molecular flexibility index (Phi) is 5.09. The van der Waals surface area contributed by atoms with Gasteiger partial charge in [-0.2, -0.15) is 0 Å². The van der Waals surface area contributed by atoms with Gasteiger partial charge in [-0.05, 0) is 49.4 Å². The van der Waals surface area contributed by atoms with Crippen molar-refractivity contribution >= 4 is 23.4 Å². The molecule has 3 aromatic rings. The minimum Gasteiger partial charge on any atom is -0.467 e. The van der Waals surface area contributed by atoms with Crippen LogP contribution >= 0.6 is 0 Å². The van der Waals surface area contributed by atoms with E-state index in [1.54, 1.807) is 23.2 Å². The Morgan fingerprint density at radius 2 is 1.74 bits per heavy atom. The largest absolute Gasteiger partial charge is 0.467 e. The monoisotopic (exact) mass is 469 g/mol. The molecule has 0 unspecified atom stereocenters. The molecule has 8 nitrogen and oxygen atoms in total. The van der Waals surface area contributed by atoms with E-state index < -0.39 is 5.72 Å². The molecule has 2 aromatic carbocycles. The minimum atomic E-state index is -0.811. The number of fused-ring (bicyclic) bond motifs is 4. The molecule has 6 rings (SSSR count). The highest BCUT2D eigenvalue weighted by atomic mass is 16.5. The van der Waals surface area contributed by atoms with Crippen molar-refractivity contribution in [2.75, 3.05) is 36.0 Å². The molecule has 0 spiro atoms. The molecule has 0 saturated carbocycles. The molecule has 1 N–H and O–H groups in total. The van der Waals surface area contributed by atoms with Crippen LogP contribution in [0, 0.1) is 0 Å². The number of anilines is 2. The van der Waals surface area contributed by atoms with Crippen LogP contribution in [0.15, 0.2) is 72.9 Å². The fourth-order valence-electron chi connectivity index (χ4n) is 5.33. The van der Waals surface area contributed by atoms with Gasteiger partial charge in [-0.3, -0.25) is 9.69 Å². The molecule has 2 bridgehead atoms. The number of urea groups is 1. The minimum absolute atomic E-state index is 0.00515. The molecule has 2 fully saturated rings. The van der Waals surface area contributed by atoms with E-state index in [1.807, 2.05) is 66.4 Å². The van der Waals surface area contributed by atoms with E-state index >= 15 is 0 Å². The van der Waals surface area contributed by atoms with Crippen LogP contribution in [-0.2, 0) is 0 Å². The van der Waals surface area contributed by atoms with Crippen LogP contribution in [0.25, 0.3) is 0 Å². The zero-order chi connectivity index (χ0) is 24.0. The number of carbonyl (C=O) groups is 2. The Balaban J connectivity index is 1.17. The molecule has 0 radical (unpaired) electrons. The van der Waals surface area contributed by atoms with Crippen molar-refractivity contribution in [2.45, 2.75) is 25.1 Å². The van der Waals surface area contributed by atoms with E-state index in [1.165, 1.54) is 0 Å². The number of aromatic nitrogens is 1. The average Bonchev–Trinajstić information content (AvgIpc) is 2.89. The smallest absolute Gasteiger partial charge is 0.325 e. The van der Waals surface area contributed by atoms with E-state index in [2.05, 4.69) is 15.2 Å². The maximum absolute atomic E-state index is 13.1. The van der Waals surface area contributed by atoms with Crippen LogP contribution in [0.5, 0.6) is 5.75 Å². The number of rotatable bonds is 3. The van der Waals surface area contributed by atoms with Crippen molar-refractivity contribution in [2.24, 2.45) is 0 Å². The van der Waals surface area contributed by atoms with Crippen LogP contribution in [0.2, 0.25) is 0 Å². The van der Waals surface area contributed by atoms with Gasteiger partial charge in [0.05, 0.1) is 6.04 Å². The lowest BCUT2D eigenvalue weighted by Gasteiger charge is -2.50. The zero-order valence-corrected chi connectivity index (χ0v) is 19.6. The second kappa shape index (κ2) is 8.30. The van der Waals surface area contributed by atoms with Gasteiger partial charge in [0.2, 0.25) is 0 Å². The van der Waals surface area contributed by atoms with E-state index in [4.69, 9.17) is 4.74 Å². The zero-order valence-electron chi connectivity index (χ0n) is 19.6. The number of piperazine rings is 1. The molecule has 3 amide bonds. The quantitative estimate of drug-likeness (QED) is 0.631. The molecule has 8 heteroatoms. The lowest BCUT2D eigenvalue weighted by atomic mass is 9.90. The highest BCUT2D eigenvalue weighted by Crippen LogP contribution is 2.45. The number of pyridine rings is 1. The van der Waals surface area contributed by atoms with E-state index in [0.717, 1.165) is 30.2 Å². The normalized spacial score (nSPS) is 23.3. The predicted molar refractivity (Wildman–Crippen MR) is 133 cm³/mol. The van der Waals surface area contributed by atoms with Gasteiger partial charge in [-0.1, -0.05) is 24.3 Å². The number of carbonyl (C=O) groups excluding carboxylic acids is 2. The fourth-order valence-corrected chi connectivity index (χ4v) is 5.33. The molecule has 178 valence electrons. The maximum atomic E-state index is 13.1. The molecule has 2 saturated heterocycles. The van der Waals surface area contributed by atoms with Crippen LogP contribution in [-0.4, -0.2) is 53.7 Å². The van der Waals surface area contributed by atoms with Crippen LogP contribution < -0.4 is 19.9 Å². The Hall–Kier alpha value is -4.07. The number of amides is 3. The summed E-state index contributed by atoms with van der Waals surface area (Å²) < 4.78 is 6.33. The third-order valence-corrected chi connectivity index (χ3v) is 7.09. The number of nitrogens with zero attached hydrogens (tertiary/aromatic N) is 4. The van der Waals surface area contributed by atoms with Crippen molar-refractivity contribution in [3.63, 3.8) is 0 Å². The van der Waals surface area contributed by atoms with E-state index in [0.29, 0.717) is 30.8 Å². The summed E-state index contributed by atoms with van der Waals surface area (Å²) in [5, 5.41) is 3.11. The average molecular weight is 470 g/mol. The van der Waals surface area contributed by atoms with Crippen molar-refractivity contribution < 1.29 is 14.3 Å². The molecule has 35 heavy (non-hydrogen) atoms. The van der Waals surface area contributed by atoms with Crippen molar-refractivity contribution in [1.29, 1.82) is 0 Å². The summed E-state index contributed by atoms with van der Waals surface area (Å²) in [6.45, 7) is 4.70. The van der Waals surface area contributed by atoms with Gasteiger partial charge in [0, 0.05) is 55.6 Å². The Bertz CT molecular complexity index is 1260. The summed E-state index contributed by atoms with van der Waals surface area (Å²) in [5.74, 6) is 1.72. The Morgan fingerprint density at radius 1 is 1.00 bits per heavy atom. The summed E-state index contributed by atoms with van der Waals surface area (Å²) in [4.78, 5) is 36.3. The first-order valence-electron chi connectivity index (χ1n) is 12.0. The molecule has 3 aliphatic rings. The second-order valence-electron chi connectivity index (χ2n) is 9.37. The molecular formula is C27H27N5O3. The van der Waals surface area contributed by atoms with Gasteiger partial charge < -0.3 is 19.9 Å². The third kappa shape index (κ3) is 3.75. The summed E-state index contributed by atoms with van der Waals surface area (Å²) in [6.07, 6.45) is 2.42. The number of ether oxygens (including phenoxy) is 1. The van der Waals surface area contributed by atoms with Crippen molar-refractivity contribution in [3.8, 4) is 5.75 Å². The van der Waals surface area contributed by atoms with Crippen LogP contribution in [0.1, 0.15) is 35.3 Å². The SMILES string of the molecule is C[C@@]12C[C@@H](NC(=O)N1c1ccc(C(=O)N3CCN(c4ccccn4)CC3)cc1)c1ccccc1O2. The summed E-state index contributed by atoms with van der Waals surface area (Å²) >= 11 is 0. The second-order valence-corrected chi connectivity index (χ2v) is 9.37. The van der Waals surface area contributed by atoms with Gasteiger partial charge in [-0.15, -0.1) is 0 Å². The van der Waals surface area contributed by atoms with E-state index in [9.17, 15) is 9.59 Å². The third-order valence-electron chi connectivity index (χ3n) is 7.09. The predicted octanol–water partition coefficient (Wildman–Crippen LogP) is 3.81. The standard InChI is InChI=1S/C27H27N5O3/c1-27-18-22(21-6-2-3-7-23(21)35-27)29-26(34)32(27)20-11-9-19(10-12-20)25(33)31-16-14-30(15-17-31)24-8-4-5-13-28-24/h2-13,22H,14-18H2,1H3,(H,29,34)/t22-,27-/m1/s1. The van der Waals surface area contributed by atoms with Crippen molar-refractivity contribution in [1.82, 2.24) is 15.2 Å². The summed E-state index contributed by atoms with van der Waals surface area (Å²) in [6, 6.07) is 20.6. The Morgan fingerprint density at radius 3 is 2.49 bits per heavy atom. The van der Waals surface area contributed by atoms with Gasteiger partial charge in [0.15, 0.2) is 5.72 Å². The topological polar surface area (TPSA) is 78.0 Å². The van der Waals surface area contributed by atoms with Gasteiger partial charge in [0.1, 0.15) is 11.6 Å². The number of hydrogen-bond donors (Lipinski definition) is 1. The molecule has 1 aromatic heterocycles. The lowest BCUT2D eigenvalue weighted by Crippen LogP contribution is -2.65. The number of nitrogens with one attached hydrogen (secondary N) is 1. The highest BCUT2D eigenvalue weighted by Gasteiger charge is 2.49. The molecular weight excluding hydrogens is 442 g/mol. The summed E-state index contributed by atoms with van der Waals surface area (Å²) in [5.41, 5.74) is 1.49. The first-order valence-corrected chi connectivity index (χ1v) is 12.0. The van der Waals surface area contributed by atoms with Crippen LogP contribution in [0.4, 0.5) is 16.3 Å². The Labute approximate surface area is 204 Å². The molecule has 2 atom stereocenters. The molecule has 4 heterocycles. The molecule has 3 aliphatic heterocycles. The van der Waals surface area contributed by atoms with Gasteiger partial charge >= 0.3 is 6.03 Å². The maximum Gasteiger partial charge on any atom is 0.325 e. The van der Waals surface area contributed by atoms with Crippen molar-refractivity contribution in [3.05, 3.63) is 84.1 Å². The number of hydrogen-bond acceptors (Lipinski definition) is 5. The molecule has 0 aliphatic carbocycles.